The van der Waals surface area contributed by atoms with Crippen LogP contribution in [-0.2, 0) is 11.2 Å². The Labute approximate surface area is 134 Å². The number of benzene rings is 1. The maximum Gasteiger partial charge on any atom is 0.393 e. The van der Waals surface area contributed by atoms with Crippen LogP contribution in [0.25, 0.3) is 0 Å². The van der Waals surface area contributed by atoms with E-state index in [-0.39, 0.29) is 23.9 Å². The molecule has 1 amide bonds. The summed E-state index contributed by atoms with van der Waals surface area (Å²) >= 11 is 0. The fourth-order valence-corrected chi connectivity index (χ4v) is 2.00. The van der Waals surface area contributed by atoms with Crippen molar-refractivity contribution in [3.63, 3.8) is 0 Å². The second-order valence-corrected chi connectivity index (χ2v) is 4.99. The quantitative estimate of drug-likeness (QED) is 0.702. The van der Waals surface area contributed by atoms with Crippen LogP contribution in [0.4, 0.5) is 18.9 Å². The van der Waals surface area contributed by atoms with Crippen molar-refractivity contribution in [1.82, 2.24) is 0 Å². The second-order valence-electron chi connectivity index (χ2n) is 4.99. The van der Waals surface area contributed by atoms with Gasteiger partial charge in [-0.2, -0.15) is 13.2 Å². The molecule has 3 N–H and O–H groups in total. The molecule has 0 aliphatic rings. The van der Waals surface area contributed by atoms with Crippen molar-refractivity contribution in [1.29, 1.82) is 0 Å². The van der Waals surface area contributed by atoms with Gasteiger partial charge in [0.15, 0.2) is 0 Å². The zero-order valence-corrected chi connectivity index (χ0v) is 13.1. The van der Waals surface area contributed by atoms with E-state index in [1.807, 2.05) is 0 Å². The molecule has 22 heavy (non-hydrogen) atoms. The molecule has 0 aromatic heterocycles. The second kappa shape index (κ2) is 10.5. The zero-order chi connectivity index (χ0) is 15.7. The van der Waals surface area contributed by atoms with Gasteiger partial charge in [0.25, 0.3) is 0 Å². The van der Waals surface area contributed by atoms with Gasteiger partial charge in [-0.3, -0.25) is 4.79 Å². The molecular formula is C15H22ClF3N2O. The number of carbonyl (C=O) groups is 1. The van der Waals surface area contributed by atoms with Crippen molar-refractivity contribution < 1.29 is 18.0 Å². The van der Waals surface area contributed by atoms with Crippen molar-refractivity contribution >= 4 is 24.0 Å². The summed E-state index contributed by atoms with van der Waals surface area (Å²) in [5.74, 6) is -0.174. The highest BCUT2D eigenvalue weighted by Crippen LogP contribution is 2.23. The molecule has 0 aliphatic heterocycles. The molecule has 1 aromatic carbocycles. The number of hydrogen-bond acceptors (Lipinski definition) is 2. The Morgan fingerprint density at radius 3 is 2.45 bits per heavy atom. The predicted octanol–water partition coefficient (Wildman–Crippen LogP) is 4.06. The van der Waals surface area contributed by atoms with E-state index in [9.17, 15) is 18.0 Å². The minimum absolute atomic E-state index is 0. The summed E-state index contributed by atoms with van der Waals surface area (Å²) in [6, 6.07) is 5.86. The van der Waals surface area contributed by atoms with Crippen molar-refractivity contribution in [2.45, 2.75) is 44.7 Å². The van der Waals surface area contributed by atoms with Gasteiger partial charge in [0, 0.05) is 12.1 Å². The standard InChI is InChI=1S/C15H21F3N2O.ClH/c16-15(17,18)11-12-6-5-7-13(10-12)20-14(21)8-3-1-2-4-9-19;/h5-7,10H,1-4,8-9,11,19H2,(H,20,21);1H. The first-order chi connectivity index (χ1) is 9.90. The molecule has 0 atom stereocenters. The fraction of sp³-hybridized carbons (Fsp3) is 0.533. The molecule has 0 radical (unpaired) electrons. The average Bonchev–Trinajstić information content (AvgIpc) is 2.37. The van der Waals surface area contributed by atoms with Gasteiger partial charge in [0.2, 0.25) is 5.91 Å². The first-order valence-electron chi connectivity index (χ1n) is 7.06. The smallest absolute Gasteiger partial charge is 0.330 e. The zero-order valence-electron chi connectivity index (χ0n) is 12.3. The van der Waals surface area contributed by atoms with Gasteiger partial charge in [-0.1, -0.05) is 25.0 Å². The van der Waals surface area contributed by atoms with Crippen molar-refractivity contribution in [2.75, 3.05) is 11.9 Å². The van der Waals surface area contributed by atoms with E-state index in [1.165, 1.54) is 18.2 Å². The normalized spacial score (nSPS) is 10.9. The fourth-order valence-electron chi connectivity index (χ4n) is 2.00. The van der Waals surface area contributed by atoms with E-state index in [4.69, 9.17) is 5.73 Å². The monoisotopic (exact) mass is 338 g/mol. The van der Waals surface area contributed by atoms with E-state index < -0.39 is 12.6 Å². The molecule has 126 valence electrons. The number of anilines is 1. The van der Waals surface area contributed by atoms with E-state index in [0.29, 0.717) is 18.7 Å². The molecule has 0 fully saturated rings. The van der Waals surface area contributed by atoms with Gasteiger partial charge < -0.3 is 11.1 Å². The van der Waals surface area contributed by atoms with Gasteiger partial charge in [-0.05, 0) is 37.1 Å². The molecule has 0 saturated heterocycles. The number of nitrogens with one attached hydrogen (secondary N) is 1. The van der Waals surface area contributed by atoms with Crippen molar-refractivity contribution in [3.8, 4) is 0 Å². The van der Waals surface area contributed by atoms with Crippen LogP contribution in [0.2, 0.25) is 0 Å². The van der Waals surface area contributed by atoms with E-state index >= 15 is 0 Å². The third kappa shape index (κ3) is 9.63. The first-order valence-corrected chi connectivity index (χ1v) is 7.06. The van der Waals surface area contributed by atoms with Gasteiger partial charge in [-0.15, -0.1) is 12.4 Å². The number of hydrogen-bond donors (Lipinski definition) is 2. The van der Waals surface area contributed by atoms with Crippen LogP contribution in [0.15, 0.2) is 24.3 Å². The van der Waals surface area contributed by atoms with E-state index in [1.54, 1.807) is 6.07 Å². The molecule has 0 heterocycles. The van der Waals surface area contributed by atoms with Gasteiger partial charge >= 0.3 is 6.18 Å². The lowest BCUT2D eigenvalue weighted by Gasteiger charge is -2.09. The lowest BCUT2D eigenvalue weighted by Crippen LogP contribution is -2.13. The summed E-state index contributed by atoms with van der Waals surface area (Å²) in [7, 11) is 0. The molecule has 3 nitrogen and oxygen atoms in total. The molecule has 7 heteroatoms. The minimum atomic E-state index is -4.24. The lowest BCUT2D eigenvalue weighted by molar-refractivity contribution is -0.127. The molecule has 1 aromatic rings. The van der Waals surface area contributed by atoms with Crippen LogP contribution < -0.4 is 11.1 Å². The summed E-state index contributed by atoms with van der Waals surface area (Å²) in [6.45, 7) is 0.651. The van der Waals surface area contributed by atoms with Crippen molar-refractivity contribution in [3.05, 3.63) is 29.8 Å². The Kier molecular flexibility index (Phi) is 9.85. The maximum atomic E-state index is 12.3. The van der Waals surface area contributed by atoms with Crippen LogP contribution in [0.5, 0.6) is 0 Å². The van der Waals surface area contributed by atoms with Gasteiger partial charge in [0.05, 0.1) is 6.42 Å². The Balaban J connectivity index is 0.00000441. The Bertz CT molecular complexity index is 453. The van der Waals surface area contributed by atoms with E-state index in [2.05, 4.69) is 5.32 Å². The first kappa shape index (κ1) is 20.7. The van der Waals surface area contributed by atoms with Gasteiger partial charge in [0.1, 0.15) is 0 Å². The number of amides is 1. The number of alkyl halides is 3. The third-order valence-corrected chi connectivity index (χ3v) is 2.97. The number of carbonyl (C=O) groups excluding carboxylic acids is 1. The Morgan fingerprint density at radius 2 is 1.82 bits per heavy atom. The SMILES string of the molecule is Cl.NCCCCCCC(=O)Nc1cccc(CC(F)(F)F)c1. The van der Waals surface area contributed by atoms with Crippen LogP contribution in [0, 0.1) is 0 Å². The summed E-state index contributed by atoms with van der Waals surface area (Å²) in [6.07, 6.45) is -1.24. The summed E-state index contributed by atoms with van der Waals surface area (Å²) in [5, 5.41) is 2.63. The molecule has 0 spiro atoms. The summed E-state index contributed by atoms with van der Waals surface area (Å²) < 4.78 is 36.9. The summed E-state index contributed by atoms with van der Waals surface area (Å²) in [5.41, 5.74) is 5.92. The Hall–Kier alpha value is -1.27. The van der Waals surface area contributed by atoms with Crippen LogP contribution in [-0.4, -0.2) is 18.6 Å². The highest BCUT2D eigenvalue weighted by molar-refractivity contribution is 5.90. The number of halogens is 4. The highest BCUT2D eigenvalue weighted by atomic mass is 35.5. The van der Waals surface area contributed by atoms with E-state index in [0.717, 1.165) is 25.7 Å². The lowest BCUT2D eigenvalue weighted by atomic mass is 10.1. The third-order valence-electron chi connectivity index (χ3n) is 2.97. The number of rotatable bonds is 8. The molecule has 0 aliphatic carbocycles. The number of unbranched alkanes of at least 4 members (excludes halogenated alkanes) is 3. The molecule has 0 bridgehead atoms. The largest absolute Gasteiger partial charge is 0.393 e. The maximum absolute atomic E-state index is 12.3. The van der Waals surface area contributed by atoms with Crippen LogP contribution in [0.3, 0.4) is 0 Å². The van der Waals surface area contributed by atoms with Crippen LogP contribution >= 0.6 is 12.4 Å². The molecular weight excluding hydrogens is 317 g/mol. The minimum Gasteiger partial charge on any atom is -0.330 e. The Morgan fingerprint density at radius 1 is 1.14 bits per heavy atom. The highest BCUT2D eigenvalue weighted by Gasteiger charge is 2.27. The summed E-state index contributed by atoms with van der Waals surface area (Å²) in [4.78, 5) is 11.7. The molecule has 0 unspecified atom stereocenters. The van der Waals surface area contributed by atoms with Gasteiger partial charge in [-0.25, -0.2) is 0 Å². The predicted molar refractivity (Wildman–Crippen MR) is 84.2 cm³/mol. The van der Waals surface area contributed by atoms with Crippen LogP contribution in [0.1, 0.15) is 37.7 Å². The van der Waals surface area contributed by atoms with Crippen molar-refractivity contribution in [2.24, 2.45) is 5.73 Å². The molecule has 1 rings (SSSR count). The average molecular weight is 339 g/mol. The topological polar surface area (TPSA) is 55.1 Å². The number of nitrogens with two attached hydrogens (primary N) is 1. The molecule has 0 saturated carbocycles.